The summed E-state index contributed by atoms with van der Waals surface area (Å²) in [4.78, 5) is 0. The summed E-state index contributed by atoms with van der Waals surface area (Å²) in [6, 6.07) is 0. The summed E-state index contributed by atoms with van der Waals surface area (Å²) in [6.07, 6.45) is 8.78. The van der Waals surface area contributed by atoms with E-state index in [1.54, 1.807) is 0 Å². The standard InChI is InChI=1S/C17H32N4/c1-5-8-14-15(18)16(21(4)20-14)19-12-17(11-13(2)3)9-6-7-10-17/h13,19H,5-12,18H2,1-4H3. The third-order valence-corrected chi connectivity index (χ3v) is 4.78. The molecule has 2 rings (SSSR count). The number of rotatable bonds is 7. The molecule has 0 atom stereocenters. The molecule has 0 aliphatic heterocycles. The number of nitrogens with two attached hydrogens (primary N) is 1. The second-order valence-electron chi connectivity index (χ2n) is 7.24. The minimum atomic E-state index is 0.454. The lowest BCUT2D eigenvalue weighted by Crippen LogP contribution is -2.29. The third-order valence-electron chi connectivity index (χ3n) is 4.78. The van der Waals surface area contributed by atoms with Gasteiger partial charge in [-0.1, -0.05) is 40.0 Å². The zero-order valence-electron chi connectivity index (χ0n) is 14.2. The molecular weight excluding hydrogens is 260 g/mol. The predicted molar refractivity (Wildman–Crippen MR) is 90.5 cm³/mol. The largest absolute Gasteiger partial charge is 0.394 e. The molecule has 3 N–H and O–H groups in total. The number of anilines is 2. The van der Waals surface area contributed by atoms with Crippen LogP contribution < -0.4 is 11.1 Å². The number of nitrogen functional groups attached to an aromatic ring is 1. The Bertz CT molecular complexity index is 456. The number of nitrogens with zero attached hydrogens (tertiary/aromatic N) is 2. The van der Waals surface area contributed by atoms with Crippen molar-refractivity contribution in [3.63, 3.8) is 0 Å². The fourth-order valence-corrected chi connectivity index (χ4v) is 3.94. The lowest BCUT2D eigenvalue weighted by molar-refractivity contribution is 0.252. The molecule has 1 heterocycles. The second kappa shape index (κ2) is 6.71. The van der Waals surface area contributed by atoms with Gasteiger partial charge in [0.2, 0.25) is 0 Å². The Morgan fingerprint density at radius 2 is 2.00 bits per heavy atom. The van der Waals surface area contributed by atoms with E-state index in [-0.39, 0.29) is 0 Å². The first-order chi connectivity index (χ1) is 9.97. The molecule has 1 aromatic heterocycles. The van der Waals surface area contributed by atoms with Gasteiger partial charge in [0.05, 0.1) is 11.4 Å². The molecule has 120 valence electrons. The van der Waals surface area contributed by atoms with Crippen molar-refractivity contribution in [2.24, 2.45) is 18.4 Å². The SMILES string of the molecule is CCCc1nn(C)c(NCC2(CC(C)C)CCCC2)c1N. The molecule has 4 nitrogen and oxygen atoms in total. The monoisotopic (exact) mass is 292 g/mol. The quantitative estimate of drug-likeness (QED) is 0.799. The van der Waals surface area contributed by atoms with Crippen LogP contribution in [0.5, 0.6) is 0 Å². The van der Waals surface area contributed by atoms with Gasteiger partial charge in [-0.3, -0.25) is 4.68 Å². The number of aromatic nitrogens is 2. The molecule has 0 aromatic carbocycles. The van der Waals surface area contributed by atoms with Crippen LogP contribution >= 0.6 is 0 Å². The topological polar surface area (TPSA) is 55.9 Å². The van der Waals surface area contributed by atoms with Gasteiger partial charge in [0, 0.05) is 13.6 Å². The maximum Gasteiger partial charge on any atom is 0.147 e. The molecule has 1 aliphatic rings. The van der Waals surface area contributed by atoms with Gasteiger partial charge >= 0.3 is 0 Å². The van der Waals surface area contributed by atoms with E-state index in [9.17, 15) is 0 Å². The van der Waals surface area contributed by atoms with Gasteiger partial charge in [-0.05, 0) is 37.0 Å². The molecule has 1 aliphatic carbocycles. The van der Waals surface area contributed by atoms with Gasteiger partial charge in [0.1, 0.15) is 5.82 Å². The molecule has 0 saturated heterocycles. The van der Waals surface area contributed by atoms with Crippen molar-refractivity contribution in [2.75, 3.05) is 17.6 Å². The van der Waals surface area contributed by atoms with Crippen molar-refractivity contribution in [1.29, 1.82) is 0 Å². The number of aryl methyl sites for hydroxylation is 2. The van der Waals surface area contributed by atoms with Crippen LogP contribution in [0.4, 0.5) is 11.5 Å². The average molecular weight is 292 g/mol. The van der Waals surface area contributed by atoms with E-state index in [1.807, 2.05) is 11.7 Å². The number of nitrogens with one attached hydrogen (secondary N) is 1. The summed E-state index contributed by atoms with van der Waals surface area (Å²) in [5, 5.41) is 8.18. The van der Waals surface area contributed by atoms with Crippen molar-refractivity contribution in [3.8, 4) is 0 Å². The minimum absolute atomic E-state index is 0.454. The van der Waals surface area contributed by atoms with Crippen LogP contribution in [-0.4, -0.2) is 16.3 Å². The summed E-state index contributed by atoms with van der Waals surface area (Å²) in [5.74, 6) is 1.76. The van der Waals surface area contributed by atoms with Crippen LogP contribution in [0.2, 0.25) is 0 Å². The van der Waals surface area contributed by atoms with Crippen molar-refractivity contribution >= 4 is 11.5 Å². The Balaban J connectivity index is 2.07. The second-order valence-corrected chi connectivity index (χ2v) is 7.24. The Morgan fingerprint density at radius 1 is 1.33 bits per heavy atom. The van der Waals surface area contributed by atoms with E-state index in [1.165, 1.54) is 32.1 Å². The Kier molecular flexibility index (Phi) is 5.17. The van der Waals surface area contributed by atoms with E-state index < -0.39 is 0 Å². The molecule has 1 aromatic rings. The van der Waals surface area contributed by atoms with E-state index in [4.69, 9.17) is 5.73 Å². The molecule has 0 unspecified atom stereocenters. The number of hydrogen-bond acceptors (Lipinski definition) is 3. The fraction of sp³-hybridized carbons (Fsp3) is 0.824. The average Bonchev–Trinajstić information content (AvgIpc) is 2.95. The van der Waals surface area contributed by atoms with E-state index in [0.29, 0.717) is 5.41 Å². The molecule has 1 fully saturated rings. The van der Waals surface area contributed by atoms with Crippen LogP contribution in [0.3, 0.4) is 0 Å². The highest BCUT2D eigenvalue weighted by Gasteiger charge is 2.34. The van der Waals surface area contributed by atoms with Crippen molar-refractivity contribution in [3.05, 3.63) is 5.69 Å². The summed E-state index contributed by atoms with van der Waals surface area (Å²) < 4.78 is 1.92. The Hall–Kier alpha value is -1.19. The van der Waals surface area contributed by atoms with Crippen molar-refractivity contribution < 1.29 is 0 Å². The van der Waals surface area contributed by atoms with Gasteiger partial charge in [-0.2, -0.15) is 5.10 Å². The van der Waals surface area contributed by atoms with Crippen molar-refractivity contribution in [2.45, 2.75) is 65.7 Å². The van der Waals surface area contributed by atoms with Gasteiger partial charge in [-0.25, -0.2) is 0 Å². The van der Waals surface area contributed by atoms with Gasteiger partial charge in [0.15, 0.2) is 0 Å². The van der Waals surface area contributed by atoms with Crippen LogP contribution in [0, 0.1) is 11.3 Å². The lowest BCUT2D eigenvalue weighted by atomic mass is 9.78. The highest BCUT2D eigenvalue weighted by molar-refractivity contribution is 5.65. The third kappa shape index (κ3) is 3.72. The maximum absolute atomic E-state index is 6.27. The fourth-order valence-electron chi connectivity index (χ4n) is 3.94. The highest BCUT2D eigenvalue weighted by Crippen LogP contribution is 2.43. The minimum Gasteiger partial charge on any atom is -0.394 e. The molecule has 0 amide bonds. The highest BCUT2D eigenvalue weighted by atomic mass is 15.3. The van der Waals surface area contributed by atoms with Crippen LogP contribution in [0.1, 0.15) is 65.0 Å². The van der Waals surface area contributed by atoms with Crippen molar-refractivity contribution in [1.82, 2.24) is 9.78 Å². The molecule has 1 saturated carbocycles. The summed E-state index contributed by atoms with van der Waals surface area (Å²) in [6.45, 7) is 7.85. The van der Waals surface area contributed by atoms with E-state index in [0.717, 1.165) is 42.5 Å². The summed E-state index contributed by atoms with van der Waals surface area (Å²) in [7, 11) is 1.99. The molecule has 0 bridgehead atoms. The molecule has 4 heteroatoms. The summed E-state index contributed by atoms with van der Waals surface area (Å²) in [5.41, 5.74) is 8.61. The molecular formula is C17H32N4. The van der Waals surface area contributed by atoms with Gasteiger partial charge < -0.3 is 11.1 Å². The Labute approximate surface area is 129 Å². The molecule has 21 heavy (non-hydrogen) atoms. The van der Waals surface area contributed by atoms with Gasteiger partial charge in [0.25, 0.3) is 0 Å². The number of hydrogen-bond donors (Lipinski definition) is 2. The van der Waals surface area contributed by atoms with Crippen LogP contribution in [0.15, 0.2) is 0 Å². The Morgan fingerprint density at radius 3 is 2.57 bits per heavy atom. The predicted octanol–water partition coefficient (Wildman–Crippen LogP) is 3.97. The molecule has 0 spiro atoms. The first-order valence-electron chi connectivity index (χ1n) is 8.52. The summed E-state index contributed by atoms with van der Waals surface area (Å²) >= 11 is 0. The smallest absolute Gasteiger partial charge is 0.147 e. The maximum atomic E-state index is 6.27. The molecule has 0 radical (unpaired) electrons. The zero-order chi connectivity index (χ0) is 15.5. The first kappa shape index (κ1) is 16.2. The van der Waals surface area contributed by atoms with Crippen LogP contribution in [-0.2, 0) is 13.5 Å². The normalized spacial score (nSPS) is 17.6. The lowest BCUT2D eigenvalue weighted by Gasteiger charge is -2.31. The zero-order valence-corrected chi connectivity index (χ0v) is 14.2. The van der Waals surface area contributed by atoms with Gasteiger partial charge in [-0.15, -0.1) is 0 Å². The van der Waals surface area contributed by atoms with E-state index in [2.05, 4.69) is 31.2 Å². The van der Waals surface area contributed by atoms with E-state index >= 15 is 0 Å². The first-order valence-corrected chi connectivity index (χ1v) is 8.52. The van der Waals surface area contributed by atoms with Crippen LogP contribution in [0.25, 0.3) is 0 Å².